The molecule has 0 radical (unpaired) electrons. The van der Waals surface area contributed by atoms with Crippen LogP contribution in [0.15, 0.2) is 42.7 Å². The van der Waals surface area contributed by atoms with Gasteiger partial charge in [-0.15, -0.1) is 0 Å². The number of fused-ring (bicyclic) bond motifs is 1. The molecule has 1 aliphatic rings. The molecule has 0 fully saturated rings. The molecule has 0 saturated heterocycles. The number of hydrogen-bond donors (Lipinski definition) is 1. The molecular weight excluding hydrogens is 236 g/mol. The number of pyridine rings is 1. The third kappa shape index (κ3) is 2.65. The van der Waals surface area contributed by atoms with Crippen LogP contribution in [0.4, 0.5) is 0 Å². The molecule has 1 aromatic heterocycles. The molecule has 0 saturated carbocycles. The Morgan fingerprint density at radius 3 is 2.95 bits per heavy atom. The molecule has 96 valence electrons. The maximum Gasteiger partial charge on any atom is 0.253 e. The molecule has 1 N–H and O–H groups in total. The van der Waals surface area contributed by atoms with Crippen LogP contribution in [0.3, 0.4) is 0 Å². The summed E-state index contributed by atoms with van der Waals surface area (Å²) in [4.78, 5) is 15.8. The van der Waals surface area contributed by atoms with Crippen LogP contribution in [-0.4, -0.2) is 10.9 Å². The van der Waals surface area contributed by atoms with Gasteiger partial charge in [0, 0.05) is 18.9 Å². The van der Waals surface area contributed by atoms with Crippen LogP contribution >= 0.6 is 0 Å². The maximum absolute atomic E-state index is 11.9. The summed E-state index contributed by atoms with van der Waals surface area (Å²) in [6.45, 7) is 0.570. The third-order valence-electron chi connectivity index (χ3n) is 3.54. The normalized spacial score (nSPS) is 13.1. The van der Waals surface area contributed by atoms with Gasteiger partial charge < -0.3 is 5.32 Å². The van der Waals surface area contributed by atoms with Crippen molar-refractivity contribution in [1.29, 1.82) is 0 Å². The third-order valence-corrected chi connectivity index (χ3v) is 3.54. The number of aryl methyl sites for hydroxylation is 2. The van der Waals surface area contributed by atoms with E-state index in [-0.39, 0.29) is 5.91 Å². The monoisotopic (exact) mass is 252 g/mol. The van der Waals surface area contributed by atoms with Gasteiger partial charge in [0.2, 0.25) is 0 Å². The molecule has 19 heavy (non-hydrogen) atoms. The summed E-state index contributed by atoms with van der Waals surface area (Å²) in [6, 6.07) is 10.0. The van der Waals surface area contributed by atoms with E-state index in [9.17, 15) is 4.79 Å². The predicted molar refractivity (Wildman–Crippen MR) is 73.9 cm³/mol. The number of carbonyl (C=O) groups is 1. The molecule has 0 atom stereocenters. The van der Waals surface area contributed by atoms with Crippen molar-refractivity contribution in [3.63, 3.8) is 0 Å². The van der Waals surface area contributed by atoms with Gasteiger partial charge in [0.25, 0.3) is 5.91 Å². The molecule has 3 rings (SSSR count). The molecule has 1 amide bonds. The van der Waals surface area contributed by atoms with Crippen molar-refractivity contribution in [1.82, 2.24) is 10.3 Å². The molecule has 1 aromatic carbocycles. The van der Waals surface area contributed by atoms with Crippen molar-refractivity contribution in [2.24, 2.45) is 0 Å². The summed E-state index contributed by atoms with van der Waals surface area (Å²) >= 11 is 0. The highest BCUT2D eigenvalue weighted by atomic mass is 16.1. The lowest BCUT2D eigenvalue weighted by atomic mass is 10.1. The van der Waals surface area contributed by atoms with Crippen molar-refractivity contribution in [3.8, 4) is 0 Å². The lowest BCUT2D eigenvalue weighted by Gasteiger charge is -2.07. The van der Waals surface area contributed by atoms with E-state index in [4.69, 9.17) is 0 Å². The standard InChI is InChI=1S/C16H16N2O/c19-16(15-5-2-8-17-11-15)18-10-12-6-7-13-3-1-4-14(13)9-12/h2,5-9,11H,1,3-4,10H2,(H,18,19). The van der Waals surface area contributed by atoms with Gasteiger partial charge in [-0.05, 0) is 48.1 Å². The molecule has 1 heterocycles. The van der Waals surface area contributed by atoms with E-state index in [1.54, 1.807) is 24.5 Å². The zero-order valence-electron chi connectivity index (χ0n) is 10.7. The summed E-state index contributed by atoms with van der Waals surface area (Å²) in [7, 11) is 0. The molecule has 3 nitrogen and oxygen atoms in total. The Hall–Kier alpha value is -2.16. The van der Waals surface area contributed by atoms with Gasteiger partial charge in [-0.1, -0.05) is 18.2 Å². The number of hydrogen-bond acceptors (Lipinski definition) is 2. The molecule has 1 aliphatic carbocycles. The topological polar surface area (TPSA) is 42.0 Å². The van der Waals surface area contributed by atoms with Crippen molar-refractivity contribution < 1.29 is 4.79 Å². The van der Waals surface area contributed by atoms with E-state index in [0.29, 0.717) is 12.1 Å². The number of nitrogens with one attached hydrogen (secondary N) is 1. The second-order valence-electron chi connectivity index (χ2n) is 4.88. The minimum Gasteiger partial charge on any atom is -0.348 e. The fourth-order valence-electron chi connectivity index (χ4n) is 2.52. The summed E-state index contributed by atoms with van der Waals surface area (Å²) in [5.41, 5.74) is 4.66. The average Bonchev–Trinajstić information content (AvgIpc) is 2.93. The molecule has 0 spiro atoms. The number of amides is 1. The zero-order valence-corrected chi connectivity index (χ0v) is 10.7. The maximum atomic E-state index is 11.9. The number of nitrogens with zero attached hydrogens (tertiary/aromatic N) is 1. The molecular formula is C16H16N2O. The second kappa shape index (κ2) is 5.22. The number of rotatable bonds is 3. The number of carbonyl (C=O) groups excluding carboxylic acids is 1. The second-order valence-corrected chi connectivity index (χ2v) is 4.88. The first-order valence-corrected chi connectivity index (χ1v) is 6.62. The largest absolute Gasteiger partial charge is 0.348 e. The van der Waals surface area contributed by atoms with E-state index in [1.165, 1.54) is 30.4 Å². The van der Waals surface area contributed by atoms with E-state index in [0.717, 1.165) is 5.56 Å². The van der Waals surface area contributed by atoms with Crippen LogP contribution in [-0.2, 0) is 19.4 Å². The van der Waals surface area contributed by atoms with Gasteiger partial charge in [-0.3, -0.25) is 9.78 Å². The van der Waals surface area contributed by atoms with Crippen LogP contribution < -0.4 is 5.32 Å². The Morgan fingerprint density at radius 1 is 1.21 bits per heavy atom. The quantitative estimate of drug-likeness (QED) is 0.912. The minimum absolute atomic E-state index is 0.0754. The van der Waals surface area contributed by atoms with Gasteiger partial charge in [0.1, 0.15) is 0 Å². The SMILES string of the molecule is O=C(NCc1ccc2c(c1)CCC2)c1cccnc1. The summed E-state index contributed by atoms with van der Waals surface area (Å²) in [6.07, 6.45) is 6.85. The van der Waals surface area contributed by atoms with Crippen molar-refractivity contribution in [3.05, 3.63) is 65.0 Å². The first kappa shape index (κ1) is 11.9. The Morgan fingerprint density at radius 2 is 2.11 bits per heavy atom. The molecule has 3 heteroatoms. The highest BCUT2D eigenvalue weighted by Crippen LogP contribution is 2.22. The Labute approximate surface area is 112 Å². The van der Waals surface area contributed by atoms with Crippen LogP contribution in [0.2, 0.25) is 0 Å². The lowest BCUT2D eigenvalue weighted by molar-refractivity contribution is 0.0950. The smallest absolute Gasteiger partial charge is 0.253 e. The molecule has 0 aliphatic heterocycles. The van der Waals surface area contributed by atoms with E-state index >= 15 is 0 Å². The Balaban J connectivity index is 1.65. The molecule has 0 bridgehead atoms. The zero-order chi connectivity index (χ0) is 13.1. The summed E-state index contributed by atoms with van der Waals surface area (Å²) in [5, 5.41) is 2.93. The van der Waals surface area contributed by atoms with Crippen LogP contribution in [0, 0.1) is 0 Å². The van der Waals surface area contributed by atoms with Gasteiger partial charge in [0.05, 0.1) is 5.56 Å². The fraction of sp³-hybridized carbons (Fsp3) is 0.250. The number of benzene rings is 1. The van der Waals surface area contributed by atoms with E-state index in [2.05, 4.69) is 28.5 Å². The van der Waals surface area contributed by atoms with Gasteiger partial charge in [-0.2, -0.15) is 0 Å². The summed E-state index contributed by atoms with van der Waals surface area (Å²) in [5.74, 6) is -0.0754. The van der Waals surface area contributed by atoms with Crippen molar-refractivity contribution in [2.45, 2.75) is 25.8 Å². The van der Waals surface area contributed by atoms with Crippen molar-refractivity contribution >= 4 is 5.91 Å². The van der Waals surface area contributed by atoms with Crippen molar-refractivity contribution in [2.75, 3.05) is 0 Å². The summed E-state index contributed by atoms with van der Waals surface area (Å²) < 4.78 is 0. The first-order chi connectivity index (χ1) is 9.33. The Kier molecular flexibility index (Phi) is 3.27. The lowest BCUT2D eigenvalue weighted by Crippen LogP contribution is -2.22. The first-order valence-electron chi connectivity index (χ1n) is 6.62. The predicted octanol–water partition coefficient (Wildman–Crippen LogP) is 2.50. The number of aromatic nitrogens is 1. The van der Waals surface area contributed by atoms with E-state index in [1.807, 2.05) is 0 Å². The average molecular weight is 252 g/mol. The van der Waals surface area contributed by atoms with Crippen LogP contribution in [0.5, 0.6) is 0 Å². The molecule has 0 unspecified atom stereocenters. The van der Waals surface area contributed by atoms with Crippen LogP contribution in [0.1, 0.15) is 33.5 Å². The highest BCUT2D eigenvalue weighted by molar-refractivity contribution is 5.93. The van der Waals surface area contributed by atoms with E-state index < -0.39 is 0 Å². The minimum atomic E-state index is -0.0754. The Bertz CT molecular complexity index is 593. The molecule has 2 aromatic rings. The van der Waals surface area contributed by atoms with Gasteiger partial charge >= 0.3 is 0 Å². The van der Waals surface area contributed by atoms with Gasteiger partial charge in [-0.25, -0.2) is 0 Å². The highest BCUT2D eigenvalue weighted by Gasteiger charge is 2.11. The fourth-order valence-corrected chi connectivity index (χ4v) is 2.52. The van der Waals surface area contributed by atoms with Gasteiger partial charge in [0.15, 0.2) is 0 Å². The van der Waals surface area contributed by atoms with Crippen LogP contribution in [0.25, 0.3) is 0 Å².